The van der Waals surface area contributed by atoms with Crippen molar-refractivity contribution in [3.05, 3.63) is 0 Å². The van der Waals surface area contributed by atoms with E-state index in [1.807, 2.05) is 0 Å². The van der Waals surface area contributed by atoms with Crippen LogP contribution < -0.4 is 0 Å². The molecule has 0 aromatic rings. The fraction of sp³-hybridized carbons (Fsp3) is 1.00. The van der Waals surface area contributed by atoms with Gasteiger partial charge in [-0.2, -0.15) is 0 Å². The van der Waals surface area contributed by atoms with Gasteiger partial charge in [-0.15, -0.1) is 0 Å². The molecule has 0 aromatic carbocycles. The van der Waals surface area contributed by atoms with Gasteiger partial charge >= 0.3 is 0 Å². The zero-order valence-corrected chi connectivity index (χ0v) is 15.9. The van der Waals surface area contributed by atoms with E-state index < -0.39 is 0 Å². The molecular formula is C22H38. The second-order valence-corrected chi connectivity index (χ2v) is 10.4. The highest BCUT2D eigenvalue weighted by Crippen LogP contribution is 2.83. The summed E-state index contributed by atoms with van der Waals surface area (Å²) >= 11 is 0. The van der Waals surface area contributed by atoms with Crippen LogP contribution in [0.1, 0.15) is 80.1 Å². The lowest BCUT2D eigenvalue weighted by Gasteiger charge is -2.40. The maximum Gasteiger partial charge on any atom is -0.0206 e. The van der Waals surface area contributed by atoms with Crippen LogP contribution in [-0.2, 0) is 0 Å². The van der Waals surface area contributed by atoms with Crippen molar-refractivity contribution in [1.82, 2.24) is 0 Å². The van der Waals surface area contributed by atoms with E-state index in [-0.39, 0.29) is 0 Å². The van der Waals surface area contributed by atoms with Crippen LogP contribution in [0, 0.1) is 58.2 Å². The molecule has 4 fully saturated rings. The molecule has 0 aromatic heterocycles. The van der Waals surface area contributed by atoms with Crippen molar-refractivity contribution in [3.8, 4) is 0 Å². The smallest absolute Gasteiger partial charge is 0.0206 e. The Hall–Kier alpha value is 0. The minimum absolute atomic E-state index is 0.688. The van der Waals surface area contributed by atoms with Crippen LogP contribution in [-0.4, -0.2) is 0 Å². The molecule has 10 atom stereocenters. The minimum Gasteiger partial charge on any atom is -0.0654 e. The summed E-state index contributed by atoms with van der Waals surface area (Å²) in [4.78, 5) is 0. The fourth-order valence-corrected chi connectivity index (χ4v) is 8.01. The largest absolute Gasteiger partial charge is 0.0654 e. The Morgan fingerprint density at radius 3 is 2.45 bits per heavy atom. The van der Waals surface area contributed by atoms with Gasteiger partial charge in [0.05, 0.1) is 0 Å². The van der Waals surface area contributed by atoms with Crippen molar-refractivity contribution in [2.75, 3.05) is 0 Å². The molecule has 0 spiro atoms. The molecule has 4 aliphatic carbocycles. The molecule has 22 heavy (non-hydrogen) atoms. The number of hydrogen-bond donors (Lipinski definition) is 0. The van der Waals surface area contributed by atoms with E-state index in [1.54, 1.807) is 19.3 Å². The molecule has 0 heterocycles. The first kappa shape index (κ1) is 15.5. The summed E-state index contributed by atoms with van der Waals surface area (Å²) in [5.74, 6) is 8.37. The van der Waals surface area contributed by atoms with Gasteiger partial charge < -0.3 is 0 Å². The summed E-state index contributed by atoms with van der Waals surface area (Å²) in [5, 5.41) is 0. The molecular weight excluding hydrogens is 264 g/mol. The monoisotopic (exact) mass is 302 g/mol. The van der Waals surface area contributed by atoms with E-state index in [9.17, 15) is 0 Å². The summed E-state index contributed by atoms with van der Waals surface area (Å²) in [6.45, 7) is 15.2. The molecule has 126 valence electrons. The lowest BCUT2D eigenvalue weighted by molar-refractivity contribution is 0.0854. The predicted molar refractivity (Wildman–Crippen MR) is 94.5 cm³/mol. The Morgan fingerprint density at radius 2 is 1.86 bits per heavy atom. The van der Waals surface area contributed by atoms with Crippen molar-refractivity contribution in [2.45, 2.75) is 80.1 Å². The summed E-state index contributed by atoms with van der Waals surface area (Å²) in [7, 11) is 0. The summed E-state index contributed by atoms with van der Waals surface area (Å²) < 4.78 is 0. The Bertz CT molecular complexity index is 453. The molecule has 0 radical (unpaired) electrons. The first-order valence-corrected chi connectivity index (χ1v) is 10.4. The van der Waals surface area contributed by atoms with E-state index in [4.69, 9.17) is 0 Å². The molecule has 10 unspecified atom stereocenters. The van der Waals surface area contributed by atoms with Gasteiger partial charge in [0.1, 0.15) is 0 Å². The van der Waals surface area contributed by atoms with Gasteiger partial charge in [0.15, 0.2) is 0 Å². The van der Waals surface area contributed by atoms with Crippen LogP contribution >= 0.6 is 0 Å². The Morgan fingerprint density at radius 1 is 1.14 bits per heavy atom. The molecule has 4 aliphatic rings. The zero-order chi connectivity index (χ0) is 15.9. The lowest BCUT2D eigenvalue weighted by atomic mass is 9.65. The summed E-state index contributed by atoms with van der Waals surface area (Å²) in [5.41, 5.74) is 1.52. The average Bonchev–Trinajstić information content (AvgIpc) is 3.25. The van der Waals surface area contributed by atoms with Crippen molar-refractivity contribution < 1.29 is 0 Å². The maximum absolute atomic E-state index is 2.65. The zero-order valence-electron chi connectivity index (χ0n) is 15.9. The average molecular weight is 303 g/mol. The lowest BCUT2D eigenvalue weighted by Crippen LogP contribution is -2.33. The molecule has 0 nitrogen and oxygen atoms in total. The van der Waals surface area contributed by atoms with Gasteiger partial charge in [-0.1, -0.05) is 54.4 Å². The maximum atomic E-state index is 2.65. The van der Waals surface area contributed by atoms with E-state index in [0.29, 0.717) is 5.41 Å². The van der Waals surface area contributed by atoms with Gasteiger partial charge in [0.25, 0.3) is 0 Å². The van der Waals surface area contributed by atoms with Crippen LogP contribution in [0.15, 0.2) is 0 Å². The highest BCUT2D eigenvalue weighted by Gasteiger charge is 2.76. The molecule has 0 N–H and O–H groups in total. The van der Waals surface area contributed by atoms with Gasteiger partial charge in [-0.3, -0.25) is 0 Å². The van der Waals surface area contributed by atoms with Crippen molar-refractivity contribution in [2.24, 2.45) is 58.2 Å². The van der Waals surface area contributed by atoms with Crippen LogP contribution in [0.4, 0.5) is 0 Å². The third-order valence-corrected chi connectivity index (χ3v) is 9.64. The predicted octanol–water partition coefficient (Wildman–Crippen LogP) is 6.40. The second kappa shape index (κ2) is 4.76. The first-order chi connectivity index (χ1) is 10.4. The molecule has 0 aliphatic heterocycles. The van der Waals surface area contributed by atoms with E-state index in [1.165, 1.54) is 19.3 Å². The van der Waals surface area contributed by atoms with Crippen LogP contribution in [0.5, 0.6) is 0 Å². The third kappa shape index (κ3) is 1.82. The van der Waals surface area contributed by atoms with Crippen LogP contribution in [0.25, 0.3) is 0 Å². The Labute approximate surface area is 138 Å². The Balaban J connectivity index is 1.44. The van der Waals surface area contributed by atoms with Gasteiger partial charge in [0, 0.05) is 0 Å². The highest BCUT2D eigenvalue weighted by atomic mass is 14.8. The number of hydrogen-bond acceptors (Lipinski definition) is 0. The standard InChI is InChI=1S/C22H38/c1-7-8-13(2)9-18-16(5)21(18,6)11-19-15(4)17-10-14(3)22(19)12-20(17)22/h13-20H,7-12H2,1-6H3. The summed E-state index contributed by atoms with van der Waals surface area (Å²) in [6, 6.07) is 0. The summed E-state index contributed by atoms with van der Waals surface area (Å²) in [6.07, 6.45) is 9.03. The molecule has 0 amide bonds. The minimum atomic E-state index is 0.688. The van der Waals surface area contributed by atoms with E-state index >= 15 is 0 Å². The van der Waals surface area contributed by atoms with Gasteiger partial charge in [-0.05, 0) is 83.9 Å². The molecule has 4 saturated carbocycles. The van der Waals surface area contributed by atoms with Crippen LogP contribution in [0.3, 0.4) is 0 Å². The first-order valence-electron chi connectivity index (χ1n) is 10.4. The second-order valence-electron chi connectivity index (χ2n) is 10.4. The van der Waals surface area contributed by atoms with Crippen molar-refractivity contribution in [1.29, 1.82) is 0 Å². The molecule has 0 heteroatoms. The number of rotatable bonds is 6. The third-order valence-electron chi connectivity index (χ3n) is 9.64. The Kier molecular flexibility index (Phi) is 3.36. The highest BCUT2D eigenvalue weighted by molar-refractivity contribution is 5.25. The fourth-order valence-electron chi connectivity index (χ4n) is 8.01. The normalized spacial score (nSPS) is 59.5. The van der Waals surface area contributed by atoms with E-state index in [0.717, 1.165) is 52.8 Å². The van der Waals surface area contributed by atoms with Crippen molar-refractivity contribution >= 4 is 0 Å². The van der Waals surface area contributed by atoms with E-state index in [2.05, 4.69) is 41.5 Å². The van der Waals surface area contributed by atoms with Crippen molar-refractivity contribution in [3.63, 3.8) is 0 Å². The molecule has 0 saturated heterocycles. The topological polar surface area (TPSA) is 0 Å². The molecule has 2 bridgehead atoms. The van der Waals surface area contributed by atoms with Crippen LogP contribution in [0.2, 0.25) is 0 Å². The molecule has 4 rings (SSSR count). The van der Waals surface area contributed by atoms with Gasteiger partial charge in [0.2, 0.25) is 0 Å². The van der Waals surface area contributed by atoms with Gasteiger partial charge in [-0.25, -0.2) is 0 Å². The quantitative estimate of drug-likeness (QED) is 0.532. The SMILES string of the molecule is CCCC(C)CC1C(C)C1(C)CC1C(C)C2CC(C)C13CC23.